The highest BCUT2D eigenvalue weighted by Crippen LogP contribution is 2.22. The Labute approximate surface area is 175 Å². The molecular weight excluding hydrogens is 393 g/mol. The Hall–Kier alpha value is -2.44. The summed E-state index contributed by atoms with van der Waals surface area (Å²) in [5, 5.41) is 0.693. The third-order valence-electron chi connectivity index (χ3n) is 5.13. The van der Waals surface area contributed by atoms with Gasteiger partial charge in [-0.25, -0.2) is 4.39 Å². The highest BCUT2D eigenvalue weighted by atomic mass is 35.5. The summed E-state index contributed by atoms with van der Waals surface area (Å²) >= 11 is 6.19. The first-order valence-electron chi connectivity index (χ1n) is 9.60. The van der Waals surface area contributed by atoms with Gasteiger partial charge in [0, 0.05) is 43.3 Å². The van der Waals surface area contributed by atoms with Gasteiger partial charge in [0.15, 0.2) is 5.78 Å². The van der Waals surface area contributed by atoms with Gasteiger partial charge in [-0.3, -0.25) is 14.5 Å². The number of piperazine rings is 1. The van der Waals surface area contributed by atoms with Crippen molar-refractivity contribution >= 4 is 29.0 Å². The van der Waals surface area contributed by atoms with Crippen LogP contribution in [0.25, 0.3) is 0 Å². The second-order valence-corrected chi connectivity index (χ2v) is 7.76. The lowest BCUT2D eigenvalue weighted by molar-refractivity contribution is -0.132. The second-order valence-electron chi connectivity index (χ2n) is 7.35. The SMILES string of the molecule is CC(=O)c1ccc(N2CCN(C(=O)CN(C)Cc3ccccc3Cl)CC2)c(F)c1. The lowest BCUT2D eigenvalue weighted by Gasteiger charge is -2.37. The molecule has 0 spiro atoms. The molecule has 0 aliphatic carbocycles. The van der Waals surface area contributed by atoms with Crippen LogP contribution in [0.4, 0.5) is 10.1 Å². The molecule has 5 nitrogen and oxygen atoms in total. The van der Waals surface area contributed by atoms with Crippen molar-refractivity contribution < 1.29 is 14.0 Å². The molecule has 3 rings (SSSR count). The van der Waals surface area contributed by atoms with Crippen LogP contribution in [-0.4, -0.2) is 61.3 Å². The number of rotatable bonds is 6. The van der Waals surface area contributed by atoms with Gasteiger partial charge in [0.25, 0.3) is 0 Å². The van der Waals surface area contributed by atoms with Crippen molar-refractivity contribution in [2.24, 2.45) is 0 Å². The molecule has 0 unspecified atom stereocenters. The van der Waals surface area contributed by atoms with E-state index in [1.165, 1.54) is 13.0 Å². The van der Waals surface area contributed by atoms with Crippen LogP contribution < -0.4 is 4.90 Å². The Morgan fingerprint density at radius 1 is 1.10 bits per heavy atom. The van der Waals surface area contributed by atoms with Gasteiger partial charge in [-0.15, -0.1) is 0 Å². The maximum atomic E-state index is 14.4. The van der Waals surface area contributed by atoms with Crippen LogP contribution in [0.15, 0.2) is 42.5 Å². The Morgan fingerprint density at radius 2 is 1.79 bits per heavy atom. The summed E-state index contributed by atoms with van der Waals surface area (Å²) in [6.07, 6.45) is 0. The van der Waals surface area contributed by atoms with Gasteiger partial charge in [-0.05, 0) is 43.8 Å². The number of benzene rings is 2. The molecule has 1 amide bonds. The van der Waals surface area contributed by atoms with Crippen LogP contribution in [-0.2, 0) is 11.3 Å². The average Bonchev–Trinajstić information content (AvgIpc) is 2.69. The quantitative estimate of drug-likeness (QED) is 0.675. The largest absolute Gasteiger partial charge is 0.366 e. The molecule has 1 heterocycles. The summed E-state index contributed by atoms with van der Waals surface area (Å²) in [4.78, 5) is 29.7. The molecule has 0 bridgehead atoms. The van der Waals surface area contributed by atoms with E-state index in [9.17, 15) is 14.0 Å². The molecule has 0 atom stereocenters. The van der Waals surface area contributed by atoms with Crippen molar-refractivity contribution in [2.45, 2.75) is 13.5 Å². The number of anilines is 1. The predicted octanol–water partition coefficient (Wildman–Crippen LogP) is 3.46. The number of ketones is 1. The highest BCUT2D eigenvalue weighted by Gasteiger charge is 2.24. The smallest absolute Gasteiger partial charge is 0.236 e. The number of likely N-dealkylation sites (N-methyl/N-ethyl adjacent to an activating group) is 1. The molecule has 1 aliphatic rings. The lowest BCUT2D eigenvalue weighted by atomic mass is 10.1. The van der Waals surface area contributed by atoms with Gasteiger partial charge in [-0.2, -0.15) is 0 Å². The zero-order valence-corrected chi connectivity index (χ0v) is 17.5. The van der Waals surface area contributed by atoms with Crippen LogP contribution >= 0.6 is 11.6 Å². The molecule has 0 radical (unpaired) electrons. The van der Waals surface area contributed by atoms with Crippen molar-refractivity contribution in [1.29, 1.82) is 0 Å². The van der Waals surface area contributed by atoms with Crippen molar-refractivity contribution in [2.75, 3.05) is 44.7 Å². The number of carbonyl (C=O) groups excluding carboxylic acids is 2. The van der Waals surface area contributed by atoms with E-state index >= 15 is 0 Å². The van der Waals surface area contributed by atoms with E-state index in [0.29, 0.717) is 55.5 Å². The van der Waals surface area contributed by atoms with Gasteiger partial charge in [0.05, 0.1) is 12.2 Å². The van der Waals surface area contributed by atoms with Crippen LogP contribution in [0.1, 0.15) is 22.8 Å². The van der Waals surface area contributed by atoms with E-state index in [0.717, 1.165) is 5.56 Å². The third kappa shape index (κ3) is 5.34. The fraction of sp³-hybridized carbons (Fsp3) is 0.364. The third-order valence-corrected chi connectivity index (χ3v) is 5.50. The van der Waals surface area contributed by atoms with Gasteiger partial charge in [0.1, 0.15) is 5.82 Å². The molecule has 1 saturated heterocycles. The average molecular weight is 418 g/mol. The maximum absolute atomic E-state index is 14.4. The van der Waals surface area contributed by atoms with Crippen molar-refractivity contribution in [3.05, 3.63) is 64.4 Å². The van der Waals surface area contributed by atoms with Gasteiger partial charge < -0.3 is 9.80 Å². The summed E-state index contributed by atoms with van der Waals surface area (Å²) in [7, 11) is 1.89. The minimum Gasteiger partial charge on any atom is -0.366 e. The van der Waals surface area contributed by atoms with Crippen LogP contribution in [0.5, 0.6) is 0 Å². The molecule has 1 aliphatic heterocycles. The first-order chi connectivity index (χ1) is 13.8. The highest BCUT2D eigenvalue weighted by molar-refractivity contribution is 6.31. The van der Waals surface area contributed by atoms with E-state index in [-0.39, 0.29) is 11.7 Å². The Morgan fingerprint density at radius 3 is 2.41 bits per heavy atom. The second kappa shape index (κ2) is 9.37. The molecule has 2 aromatic carbocycles. The minimum atomic E-state index is -0.406. The number of amides is 1. The Kier molecular flexibility index (Phi) is 6.87. The monoisotopic (exact) mass is 417 g/mol. The molecule has 154 valence electrons. The van der Waals surface area contributed by atoms with E-state index in [1.807, 2.05) is 41.1 Å². The normalized spacial score (nSPS) is 14.4. The summed E-state index contributed by atoms with van der Waals surface area (Å²) in [6.45, 7) is 4.49. The maximum Gasteiger partial charge on any atom is 0.236 e. The zero-order valence-electron chi connectivity index (χ0n) is 16.7. The number of hydrogen-bond donors (Lipinski definition) is 0. The lowest BCUT2D eigenvalue weighted by Crippen LogP contribution is -2.51. The Bertz CT molecular complexity index is 897. The molecule has 0 saturated carbocycles. The zero-order chi connectivity index (χ0) is 21.0. The topological polar surface area (TPSA) is 43.9 Å². The predicted molar refractivity (Wildman–Crippen MR) is 113 cm³/mol. The summed E-state index contributed by atoms with van der Waals surface area (Å²) in [5.41, 5.74) is 1.82. The molecule has 0 N–H and O–H groups in total. The van der Waals surface area contributed by atoms with Crippen LogP contribution in [0.3, 0.4) is 0 Å². The molecule has 29 heavy (non-hydrogen) atoms. The number of Topliss-reactive ketones (excluding diaryl/α,β-unsaturated/α-hetero) is 1. The number of carbonyl (C=O) groups is 2. The summed E-state index contributed by atoms with van der Waals surface area (Å²) < 4.78 is 14.4. The molecule has 7 heteroatoms. The summed E-state index contributed by atoms with van der Waals surface area (Å²) in [6, 6.07) is 12.2. The van der Waals surface area contributed by atoms with Crippen LogP contribution in [0, 0.1) is 5.82 Å². The number of hydrogen-bond acceptors (Lipinski definition) is 4. The van der Waals surface area contributed by atoms with E-state index in [4.69, 9.17) is 11.6 Å². The fourth-order valence-electron chi connectivity index (χ4n) is 3.48. The Balaban J connectivity index is 1.53. The number of nitrogens with zero attached hydrogens (tertiary/aromatic N) is 3. The molecule has 1 fully saturated rings. The molecular formula is C22H25ClFN3O2. The van der Waals surface area contributed by atoms with Gasteiger partial charge in [-0.1, -0.05) is 29.8 Å². The minimum absolute atomic E-state index is 0.0478. The van der Waals surface area contributed by atoms with Crippen molar-refractivity contribution in [1.82, 2.24) is 9.80 Å². The van der Waals surface area contributed by atoms with Crippen molar-refractivity contribution in [3.8, 4) is 0 Å². The van der Waals surface area contributed by atoms with Crippen molar-refractivity contribution in [3.63, 3.8) is 0 Å². The van der Waals surface area contributed by atoms with E-state index < -0.39 is 5.82 Å². The molecule has 0 aromatic heterocycles. The number of halogens is 2. The first kappa shape index (κ1) is 21.3. The fourth-order valence-corrected chi connectivity index (χ4v) is 3.68. The van der Waals surface area contributed by atoms with E-state index in [2.05, 4.69) is 0 Å². The van der Waals surface area contributed by atoms with Gasteiger partial charge in [0.2, 0.25) is 5.91 Å². The summed E-state index contributed by atoms with van der Waals surface area (Å²) in [5.74, 6) is -0.518. The van der Waals surface area contributed by atoms with Crippen LogP contribution in [0.2, 0.25) is 5.02 Å². The molecule has 2 aromatic rings. The first-order valence-corrected chi connectivity index (χ1v) is 9.98. The van der Waals surface area contributed by atoms with Gasteiger partial charge >= 0.3 is 0 Å². The van der Waals surface area contributed by atoms with E-state index in [1.54, 1.807) is 17.0 Å². The standard InChI is InChI=1S/C22H25ClFN3O2/c1-16(28)17-7-8-21(20(24)13-17)26-9-11-27(12-10-26)22(29)15-25(2)14-18-5-3-4-6-19(18)23/h3-8,13H,9-12,14-15H2,1-2H3.